The molecule has 1 heterocycles. The summed E-state index contributed by atoms with van der Waals surface area (Å²) in [6.07, 6.45) is 0. The minimum absolute atomic E-state index is 0.183. The predicted octanol–water partition coefficient (Wildman–Crippen LogP) is 3.12. The molecule has 3 rings (SSSR count). The van der Waals surface area contributed by atoms with E-state index in [9.17, 15) is 9.59 Å². The fourth-order valence-corrected chi connectivity index (χ4v) is 2.83. The molecule has 0 radical (unpaired) electrons. The van der Waals surface area contributed by atoms with Gasteiger partial charge in [-0.3, -0.25) is 9.59 Å². The molecule has 0 saturated heterocycles. The van der Waals surface area contributed by atoms with Crippen molar-refractivity contribution >= 4 is 16.8 Å². The van der Waals surface area contributed by atoms with E-state index in [0.29, 0.717) is 16.9 Å². The van der Waals surface area contributed by atoms with Gasteiger partial charge in [0.2, 0.25) is 0 Å². The van der Waals surface area contributed by atoms with Gasteiger partial charge in [-0.25, -0.2) is 0 Å². The maximum absolute atomic E-state index is 12.7. The number of H-pyrrole nitrogens is 1. The van der Waals surface area contributed by atoms with E-state index < -0.39 is 0 Å². The molecule has 0 aliphatic heterocycles. The second kappa shape index (κ2) is 6.81. The Bertz CT molecular complexity index is 992. The van der Waals surface area contributed by atoms with Crippen LogP contribution in [0, 0.1) is 6.92 Å². The monoisotopic (exact) mass is 336 g/mol. The first-order valence-corrected chi connectivity index (χ1v) is 8.00. The van der Waals surface area contributed by atoms with Crippen LogP contribution in [0.2, 0.25) is 0 Å². The van der Waals surface area contributed by atoms with Crippen LogP contribution >= 0.6 is 0 Å². The summed E-state index contributed by atoms with van der Waals surface area (Å²) in [6, 6.07) is 14.8. The van der Waals surface area contributed by atoms with Gasteiger partial charge in [-0.15, -0.1) is 0 Å². The van der Waals surface area contributed by atoms with Crippen molar-refractivity contribution in [1.82, 2.24) is 9.88 Å². The molecule has 0 atom stereocenters. The minimum atomic E-state index is -0.194. The molecule has 2 aromatic carbocycles. The van der Waals surface area contributed by atoms with Crippen LogP contribution in [0.1, 0.15) is 21.5 Å². The van der Waals surface area contributed by atoms with Gasteiger partial charge in [0.25, 0.3) is 11.5 Å². The number of nitrogens with zero attached hydrogens (tertiary/aromatic N) is 1. The summed E-state index contributed by atoms with van der Waals surface area (Å²) in [5, 5.41) is 0.943. The lowest BCUT2D eigenvalue weighted by Gasteiger charge is -2.18. The van der Waals surface area contributed by atoms with Crippen LogP contribution in [-0.2, 0) is 6.54 Å². The summed E-state index contributed by atoms with van der Waals surface area (Å²) in [5.41, 5.74) is 2.71. The van der Waals surface area contributed by atoms with Crippen LogP contribution in [0.25, 0.3) is 10.9 Å². The molecular formula is C20H20N2O3. The smallest absolute Gasteiger partial charge is 0.257 e. The standard InChI is InChI=1S/C20H20N2O3/c1-13-8-9-14-11-15(19(23)21-17(14)10-13)12-22(2)20(24)16-6-4-5-7-18(16)25-3/h4-11H,12H2,1-3H3,(H,21,23). The fraction of sp³-hybridized carbons (Fsp3) is 0.200. The number of hydrogen-bond donors (Lipinski definition) is 1. The molecule has 25 heavy (non-hydrogen) atoms. The van der Waals surface area contributed by atoms with E-state index in [0.717, 1.165) is 16.5 Å². The topological polar surface area (TPSA) is 62.4 Å². The van der Waals surface area contributed by atoms with Gasteiger partial charge < -0.3 is 14.6 Å². The molecule has 0 fully saturated rings. The number of nitrogens with one attached hydrogen (secondary N) is 1. The Hall–Kier alpha value is -3.08. The molecular weight excluding hydrogens is 316 g/mol. The van der Waals surface area contributed by atoms with E-state index in [1.165, 1.54) is 12.0 Å². The van der Waals surface area contributed by atoms with Gasteiger partial charge in [-0.05, 0) is 42.1 Å². The van der Waals surface area contributed by atoms with E-state index >= 15 is 0 Å². The summed E-state index contributed by atoms with van der Waals surface area (Å²) in [7, 11) is 3.20. The second-order valence-electron chi connectivity index (χ2n) is 6.08. The van der Waals surface area contributed by atoms with Crippen molar-refractivity contribution in [3.05, 3.63) is 75.6 Å². The highest BCUT2D eigenvalue weighted by molar-refractivity contribution is 5.96. The number of aromatic nitrogens is 1. The molecule has 1 amide bonds. The Morgan fingerprint density at radius 2 is 1.92 bits per heavy atom. The second-order valence-corrected chi connectivity index (χ2v) is 6.08. The van der Waals surface area contributed by atoms with E-state index in [-0.39, 0.29) is 18.0 Å². The first-order chi connectivity index (χ1) is 12.0. The third-order valence-electron chi connectivity index (χ3n) is 4.17. The van der Waals surface area contributed by atoms with E-state index in [2.05, 4.69) is 4.98 Å². The first-order valence-electron chi connectivity index (χ1n) is 8.00. The van der Waals surface area contributed by atoms with E-state index in [1.807, 2.05) is 37.3 Å². The third-order valence-corrected chi connectivity index (χ3v) is 4.17. The number of aryl methyl sites for hydroxylation is 1. The highest BCUT2D eigenvalue weighted by Gasteiger charge is 2.17. The van der Waals surface area contributed by atoms with Crippen LogP contribution < -0.4 is 10.3 Å². The Morgan fingerprint density at radius 3 is 2.68 bits per heavy atom. The lowest BCUT2D eigenvalue weighted by atomic mass is 10.1. The van der Waals surface area contributed by atoms with Gasteiger partial charge in [0, 0.05) is 18.1 Å². The average Bonchev–Trinajstić information content (AvgIpc) is 2.61. The largest absolute Gasteiger partial charge is 0.496 e. The zero-order valence-corrected chi connectivity index (χ0v) is 14.5. The van der Waals surface area contributed by atoms with Crippen molar-refractivity contribution < 1.29 is 9.53 Å². The SMILES string of the molecule is COc1ccccc1C(=O)N(C)Cc1cc2ccc(C)cc2[nH]c1=O. The predicted molar refractivity (Wildman–Crippen MR) is 98.1 cm³/mol. The van der Waals surface area contributed by atoms with Gasteiger partial charge in [0.15, 0.2) is 0 Å². The van der Waals surface area contributed by atoms with Crippen LogP contribution in [0.4, 0.5) is 0 Å². The average molecular weight is 336 g/mol. The number of hydrogen-bond acceptors (Lipinski definition) is 3. The summed E-state index contributed by atoms with van der Waals surface area (Å²) in [5.74, 6) is 0.322. The molecule has 0 aliphatic rings. The molecule has 0 aliphatic carbocycles. The number of aromatic amines is 1. The number of methoxy groups -OCH3 is 1. The number of rotatable bonds is 4. The molecule has 1 N–H and O–H groups in total. The summed E-state index contributed by atoms with van der Waals surface area (Å²) >= 11 is 0. The molecule has 5 nitrogen and oxygen atoms in total. The normalized spacial score (nSPS) is 10.7. The van der Waals surface area contributed by atoms with E-state index in [4.69, 9.17) is 4.74 Å². The molecule has 0 bridgehead atoms. The fourth-order valence-electron chi connectivity index (χ4n) is 2.83. The maximum Gasteiger partial charge on any atom is 0.257 e. The number of para-hydroxylation sites is 1. The molecule has 1 aromatic heterocycles. The van der Waals surface area contributed by atoms with Gasteiger partial charge in [-0.2, -0.15) is 0 Å². The number of benzene rings is 2. The number of carbonyl (C=O) groups is 1. The number of amides is 1. The Labute approximate surface area is 145 Å². The van der Waals surface area contributed by atoms with Crippen LogP contribution in [0.3, 0.4) is 0 Å². The quantitative estimate of drug-likeness (QED) is 0.796. The van der Waals surface area contributed by atoms with Gasteiger partial charge >= 0.3 is 0 Å². The lowest BCUT2D eigenvalue weighted by molar-refractivity contribution is 0.0781. The number of pyridine rings is 1. The highest BCUT2D eigenvalue weighted by Crippen LogP contribution is 2.20. The first kappa shape index (κ1) is 16.8. The summed E-state index contributed by atoms with van der Waals surface area (Å²) < 4.78 is 5.24. The Balaban J connectivity index is 1.90. The molecule has 0 unspecified atom stereocenters. The molecule has 128 valence electrons. The summed E-state index contributed by atoms with van der Waals surface area (Å²) in [4.78, 5) is 29.4. The van der Waals surface area contributed by atoms with Crippen molar-refractivity contribution in [3.63, 3.8) is 0 Å². The lowest BCUT2D eigenvalue weighted by Crippen LogP contribution is -2.29. The molecule has 0 saturated carbocycles. The third kappa shape index (κ3) is 3.40. The van der Waals surface area contributed by atoms with Crippen molar-refractivity contribution in [3.8, 4) is 5.75 Å². The van der Waals surface area contributed by atoms with Crippen LogP contribution in [-0.4, -0.2) is 29.9 Å². The number of ether oxygens (including phenoxy) is 1. The summed E-state index contributed by atoms with van der Waals surface area (Å²) in [6.45, 7) is 2.20. The van der Waals surface area contributed by atoms with Crippen molar-refractivity contribution in [2.45, 2.75) is 13.5 Å². The van der Waals surface area contributed by atoms with Crippen molar-refractivity contribution in [1.29, 1.82) is 0 Å². The Kier molecular flexibility index (Phi) is 4.57. The van der Waals surface area contributed by atoms with Crippen LogP contribution in [0.15, 0.2) is 53.3 Å². The van der Waals surface area contributed by atoms with Gasteiger partial charge in [-0.1, -0.05) is 24.3 Å². The van der Waals surface area contributed by atoms with Crippen molar-refractivity contribution in [2.24, 2.45) is 0 Å². The zero-order chi connectivity index (χ0) is 18.0. The minimum Gasteiger partial charge on any atom is -0.496 e. The maximum atomic E-state index is 12.7. The van der Waals surface area contributed by atoms with Gasteiger partial charge in [0.05, 0.1) is 19.2 Å². The Morgan fingerprint density at radius 1 is 1.16 bits per heavy atom. The van der Waals surface area contributed by atoms with E-state index in [1.54, 1.807) is 25.2 Å². The molecule has 3 aromatic rings. The van der Waals surface area contributed by atoms with Gasteiger partial charge in [0.1, 0.15) is 5.75 Å². The number of carbonyl (C=O) groups excluding carboxylic acids is 1. The van der Waals surface area contributed by atoms with Crippen LogP contribution in [0.5, 0.6) is 5.75 Å². The number of fused-ring (bicyclic) bond motifs is 1. The molecule has 5 heteroatoms. The van der Waals surface area contributed by atoms with Crippen molar-refractivity contribution in [2.75, 3.05) is 14.2 Å². The highest BCUT2D eigenvalue weighted by atomic mass is 16.5. The zero-order valence-electron chi connectivity index (χ0n) is 14.5. The molecule has 0 spiro atoms.